The van der Waals surface area contributed by atoms with Gasteiger partial charge in [0.15, 0.2) is 6.61 Å². The predicted octanol–water partition coefficient (Wildman–Crippen LogP) is 1.17. The molecule has 0 bridgehead atoms. The van der Waals surface area contributed by atoms with Crippen molar-refractivity contribution < 1.29 is 33.4 Å². The van der Waals surface area contributed by atoms with E-state index in [0.29, 0.717) is 10.6 Å². The van der Waals surface area contributed by atoms with E-state index in [1.807, 2.05) is 0 Å². The van der Waals surface area contributed by atoms with Crippen molar-refractivity contribution >= 4 is 46.6 Å². The number of hydrogen-bond acceptors (Lipinski definition) is 8. The number of imide groups is 1. The van der Waals surface area contributed by atoms with E-state index < -0.39 is 36.0 Å². The Morgan fingerprint density at radius 1 is 1.15 bits per heavy atom. The van der Waals surface area contributed by atoms with Gasteiger partial charge in [-0.3, -0.25) is 29.4 Å². The fourth-order valence-electron chi connectivity index (χ4n) is 4.11. The van der Waals surface area contributed by atoms with Crippen molar-refractivity contribution in [3.8, 4) is 0 Å². The van der Waals surface area contributed by atoms with E-state index in [4.69, 9.17) is 9.47 Å². The lowest BCUT2D eigenvalue weighted by Gasteiger charge is -2.48. The Bertz CT molecular complexity index is 1120. The first kappa shape index (κ1) is 22.6. The van der Waals surface area contributed by atoms with Crippen molar-refractivity contribution in [3.63, 3.8) is 0 Å². The number of methoxy groups -OCH3 is 1. The van der Waals surface area contributed by atoms with E-state index in [1.165, 1.54) is 16.9 Å². The van der Waals surface area contributed by atoms with Crippen molar-refractivity contribution in [1.82, 2.24) is 10.2 Å². The van der Waals surface area contributed by atoms with Gasteiger partial charge in [-0.2, -0.15) is 0 Å². The highest BCUT2D eigenvalue weighted by atomic mass is 32.1. The largest absolute Gasteiger partial charge is 0.452 e. The number of ether oxygens (including phenoxy) is 2. The molecule has 4 amide bonds. The smallest absolute Gasteiger partial charge is 0.354 e. The molecule has 1 saturated heterocycles. The molecular weight excluding hydrogens is 450 g/mol. The first-order chi connectivity index (χ1) is 15.9. The van der Waals surface area contributed by atoms with E-state index in [1.54, 1.807) is 41.8 Å². The van der Waals surface area contributed by atoms with Crippen molar-refractivity contribution in [2.45, 2.75) is 18.5 Å². The van der Waals surface area contributed by atoms with Crippen LogP contribution in [0.25, 0.3) is 0 Å². The highest BCUT2D eigenvalue weighted by molar-refractivity contribution is 7.12. The maximum atomic E-state index is 13.4. The summed E-state index contributed by atoms with van der Waals surface area (Å²) >= 11 is 1.16. The fourth-order valence-corrected chi connectivity index (χ4v) is 4.73. The zero-order valence-corrected chi connectivity index (χ0v) is 18.6. The molecule has 0 radical (unpaired) electrons. The van der Waals surface area contributed by atoms with Crippen LogP contribution in [0.4, 0.5) is 5.69 Å². The molecule has 1 aromatic carbocycles. The Morgan fingerprint density at radius 3 is 2.67 bits per heavy atom. The van der Waals surface area contributed by atoms with Gasteiger partial charge in [0.05, 0.1) is 22.7 Å². The summed E-state index contributed by atoms with van der Waals surface area (Å²) in [5.74, 6) is -3.13. The first-order valence-corrected chi connectivity index (χ1v) is 11.1. The molecule has 0 saturated carbocycles. The molecule has 1 atom stereocenters. The van der Waals surface area contributed by atoms with Gasteiger partial charge in [0.25, 0.3) is 17.7 Å². The van der Waals surface area contributed by atoms with Crippen molar-refractivity contribution in [1.29, 1.82) is 0 Å². The minimum absolute atomic E-state index is 0.00417. The third-order valence-corrected chi connectivity index (χ3v) is 6.42. The number of nitrogens with one attached hydrogen (secondary N) is 1. The lowest BCUT2D eigenvalue weighted by molar-refractivity contribution is -0.160. The number of nitrogens with zero attached hydrogens (tertiary/aromatic N) is 2. The number of hydrogen-bond donors (Lipinski definition) is 1. The molecule has 33 heavy (non-hydrogen) atoms. The number of anilines is 1. The molecule has 0 spiro atoms. The SMILES string of the molecule is COCCN1C(=O)c2ccccc2N2C(=O)CCC12C(=O)OCC(=O)NC(=O)c1cccs1. The number of thiophene rings is 1. The molecule has 2 aromatic rings. The van der Waals surface area contributed by atoms with E-state index in [2.05, 4.69) is 5.32 Å². The lowest BCUT2D eigenvalue weighted by Crippen LogP contribution is -2.69. The highest BCUT2D eigenvalue weighted by Gasteiger charge is 2.61. The van der Waals surface area contributed by atoms with Crippen molar-refractivity contribution in [3.05, 3.63) is 52.2 Å². The van der Waals surface area contributed by atoms with Gasteiger partial charge in [0.1, 0.15) is 0 Å². The number of rotatable bonds is 7. The molecule has 11 heteroatoms. The number of amides is 4. The van der Waals surface area contributed by atoms with Crippen molar-refractivity contribution in [2.24, 2.45) is 0 Å². The monoisotopic (exact) mass is 471 g/mol. The van der Waals surface area contributed by atoms with Gasteiger partial charge in [-0.25, -0.2) is 4.79 Å². The van der Waals surface area contributed by atoms with Crippen LogP contribution in [-0.2, 0) is 23.9 Å². The maximum Gasteiger partial charge on any atom is 0.354 e. The molecule has 10 nitrogen and oxygen atoms in total. The minimum atomic E-state index is -1.74. The van der Waals surface area contributed by atoms with Gasteiger partial charge < -0.3 is 14.4 Å². The molecule has 4 rings (SSSR count). The summed E-state index contributed by atoms with van der Waals surface area (Å²) in [6.45, 7) is -0.583. The van der Waals surface area contributed by atoms with Gasteiger partial charge in [0, 0.05) is 26.5 Å². The number of carbonyl (C=O) groups is 5. The first-order valence-electron chi connectivity index (χ1n) is 10.2. The Labute approximate surface area is 193 Å². The molecule has 0 aliphatic carbocycles. The molecule has 2 aliphatic heterocycles. The van der Waals surface area contributed by atoms with Crippen LogP contribution in [0.2, 0.25) is 0 Å². The average molecular weight is 471 g/mol. The van der Waals surface area contributed by atoms with Crippen molar-refractivity contribution in [2.75, 3.05) is 31.8 Å². The number of fused-ring (bicyclic) bond motifs is 3. The highest BCUT2D eigenvalue weighted by Crippen LogP contribution is 2.44. The average Bonchev–Trinajstić information content (AvgIpc) is 3.47. The normalized spacial score (nSPS) is 19.2. The summed E-state index contributed by atoms with van der Waals surface area (Å²) in [6, 6.07) is 9.75. The third kappa shape index (κ3) is 3.89. The van der Waals surface area contributed by atoms with E-state index in [0.717, 1.165) is 11.3 Å². The second kappa shape index (κ2) is 9.12. The number of carbonyl (C=O) groups excluding carboxylic acids is 5. The minimum Gasteiger partial charge on any atom is -0.452 e. The van der Waals surface area contributed by atoms with Gasteiger partial charge in [-0.05, 0) is 23.6 Å². The van der Waals surface area contributed by atoms with Crippen LogP contribution in [0, 0.1) is 0 Å². The Balaban J connectivity index is 1.59. The summed E-state index contributed by atoms with van der Waals surface area (Å²) in [4.78, 5) is 66.7. The Morgan fingerprint density at radius 2 is 1.94 bits per heavy atom. The second-order valence-electron chi connectivity index (χ2n) is 7.44. The van der Waals surface area contributed by atoms with Gasteiger partial charge in [-0.1, -0.05) is 18.2 Å². The van der Waals surface area contributed by atoms with Crippen LogP contribution in [0.3, 0.4) is 0 Å². The van der Waals surface area contributed by atoms with Gasteiger partial charge in [-0.15, -0.1) is 11.3 Å². The molecule has 1 aromatic heterocycles. The lowest BCUT2D eigenvalue weighted by atomic mass is 9.96. The summed E-state index contributed by atoms with van der Waals surface area (Å²) in [7, 11) is 1.46. The topological polar surface area (TPSA) is 122 Å². The molecule has 172 valence electrons. The van der Waals surface area contributed by atoms with E-state index in [-0.39, 0.29) is 37.5 Å². The quantitative estimate of drug-likeness (QED) is 0.602. The van der Waals surface area contributed by atoms with Crippen LogP contribution in [0.15, 0.2) is 41.8 Å². The number of esters is 1. The molecule has 1 fully saturated rings. The van der Waals surface area contributed by atoms with E-state index in [9.17, 15) is 24.0 Å². The van der Waals surface area contributed by atoms with E-state index >= 15 is 0 Å². The van der Waals surface area contributed by atoms with Crippen LogP contribution >= 0.6 is 11.3 Å². The predicted molar refractivity (Wildman–Crippen MR) is 117 cm³/mol. The molecule has 1 N–H and O–H groups in total. The number of para-hydroxylation sites is 1. The maximum absolute atomic E-state index is 13.4. The summed E-state index contributed by atoms with van der Waals surface area (Å²) in [6.07, 6.45) is 0.0213. The van der Waals surface area contributed by atoms with Crippen LogP contribution in [-0.4, -0.2) is 67.0 Å². The number of benzene rings is 1. The summed E-state index contributed by atoms with van der Waals surface area (Å²) in [5.41, 5.74) is -1.14. The van der Waals surface area contributed by atoms with Gasteiger partial charge >= 0.3 is 5.97 Å². The zero-order valence-electron chi connectivity index (χ0n) is 17.7. The molecular formula is C22H21N3O7S. The Kier molecular flexibility index (Phi) is 6.25. The molecule has 3 heterocycles. The molecule has 2 aliphatic rings. The van der Waals surface area contributed by atoms with Crippen LogP contribution in [0.1, 0.15) is 32.9 Å². The van der Waals surface area contributed by atoms with Gasteiger partial charge in [0.2, 0.25) is 11.6 Å². The summed E-state index contributed by atoms with van der Waals surface area (Å²) in [5, 5.41) is 3.84. The third-order valence-electron chi connectivity index (χ3n) is 5.55. The van der Waals surface area contributed by atoms with Crippen LogP contribution in [0.5, 0.6) is 0 Å². The fraction of sp³-hybridized carbons (Fsp3) is 0.318. The standard InChI is InChI=1S/C22H21N3O7S/c1-31-11-10-24-20(29)14-5-2-3-6-15(14)25-18(27)8-9-22(24,25)21(30)32-13-17(26)23-19(28)16-7-4-12-33-16/h2-7,12H,8-11,13H2,1H3,(H,23,26,28). The Hall–Kier alpha value is -3.57. The van der Waals surface area contributed by atoms with Crippen LogP contribution < -0.4 is 10.2 Å². The molecule has 1 unspecified atom stereocenters. The zero-order chi connectivity index (χ0) is 23.6. The summed E-state index contributed by atoms with van der Waals surface area (Å²) < 4.78 is 10.4. The second-order valence-corrected chi connectivity index (χ2v) is 8.39.